The Morgan fingerprint density at radius 1 is 1.15 bits per heavy atom. The van der Waals surface area contributed by atoms with Gasteiger partial charge >= 0.3 is 6.09 Å². The van der Waals surface area contributed by atoms with Gasteiger partial charge in [-0.05, 0) is 24.3 Å². The molecule has 0 unspecified atom stereocenters. The summed E-state index contributed by atoms with van der Waals surface area (Å²) >= 11 is 0. The van der Waals surface area contributed by atoms with Crippen LogP contribution < -0.4 is 15.2 Å². The van der Waals surface area contributed by atoms with Gasteiger partial charge in [0.25, 0.3) is 10.0 Å². The fourth-order valence-electron chi connectivity index (χ4n) is 1.36. The van der Waals surface area contributed by atoms with E-state index in [0.717, 1.165) is 0 Å². The highest BCUT2D eigenvalue weighted by molar-refractivity contribution is 7.89. The second kappa shape index (κ2) is 5.68. The molecule has 1 amide bonds. The molecule has 8 heteroatoms. The maximum atomic E-state index is 11.6. The van der Waals surface area contributed by atoms with Crippen molar-refractivity contribution >= 4 is 21.8 Å². The Morgan fingerprint density at radius 3 is 2.40 bits per heavy atom. The lowest BCUT2D eigenvalue weighted by molar-refractivity contribution is 0.215. The quantitative estimate of drug-likeness (QED) is 0.887. The van der Waals surface area contributed by atoms with E-state index in [0.29, 0.717) is 11.4 Å². The van der Waals surface area contributed by atoms with Crippen LogP contribution in [0.5, 0.6) is 5.75 Å². The van der Waals surface area contributed by atoms with Crippen LogP contribution in [0.2, 0.25) is 0 Å². The van der Waals surface area contributed by atoms with Gasteiger partial charge in [-0.1, -0.05) is 18.2 Å². The molecular formula is C12H11N3O4S. The predicted octanol–water partition coefficient (Wildman–Crippen LogP) is 1.34. The fourth-order valence-corrected chi connectivity index (χ4v) is 1.82. The molecule has 0 aliphatic carbocycles. The monoisotopic (exact) mass is 293 g/mol. The van der Waals surface area contributed by atoms with Gasteiger partial charge in [-0.15, -0.1) is 0 Å². The van der Waals surface area contributed by atoms with Crippen molar-refractivity contribution in [3.8, 4) is 5.75 Å². The summed E-state index contributed by atoms with van der Waals surface area (Å²) in [5.41, 5.74) is 0.290. The highest BCUT2D eigenvalue weighted by atomic mass is 32.2. The Balaban J connectivity index is 2.02. The summed E-state index contributed by atoms with van der Waals surface area (Å²) in [6, 6.07) is 11.0. The molecule has 1 heterocycles. The number of aromatic nitrogens is 1. The van der Waals surface area contributed by atoms with Gasteiger partial charge in [0.15, 0.2) is 5.03 Å². The molecule has 3 N–H and O–H groups in total. The maximum Gasteiger partial charge on any atom is 0.417 e. The smallest absolute Gasteiger partial charge is 0.410 e. The number of benzene rings is 1. The van der Waals surface area contributed by atoms with Crippen molar-refractivity contribution in [2.24, 2.45) is 5.14 Å². The van der Waals surface area contributed by atoms with Crippen molar-refractivity contribution in [3.63, 3.8) is 0 Å². The molecule has 0 spiro atoms. The van der Waals surface area contributed by atoms with Crippen LogP contribution in [-0.2, 0) is 10.0 Å². The third kappa shape index (κ3) is 3.77. The Morgan fingerprint density at radius 2 is 1.85 bits per heavy atom. The molecule has 1 aromatic carbocycles. The van der Waals surface area contributed by atoms with Crippen molar-refractivity contribution in [2.45, 2.75) is 5.03 Å². The van der Waals surface area contributed by atoms with Crippen LogP contribution in [0.4, 0.5) is 10.5 Å². The number of ether oxygens (including phenoxy) is 1. The molecule has 0 saturated heterocycles. The van der Waals surface area contributed by atoms with Gasteiger partial charge in [-0.2, -0.15) is 0 Å². The predicted molar refractivity (Wildman–Crippen MR) is 71.7 cm³/mol. The summed E-state index contributed by atoms with van der Waals surface area (Å²) in [6.45, 7) is 0. The molecule has 0 aliphatic heterocycles. The molecule has 0 bridgehead atoms. The van der Waals surface area contributed by atoms with E-state index in [1.54, 1.807) is 30.3 Å². The van der Waals surface area contributed by atoms with E-state index < -0.39 is 16.1 Å². The highest BCUT2D eigenvalue weighted by Gasteiger charge is 2.10. The third-order valence-corrected chi connectivity index (χ3v) is 3.05. The van der Waals surface area contributed by atoms with Gasteiger partial charge in [0.2, 0.25) is 0 Å². The van der Waals surface area contributed by atoms with Crippen LogP contribution in [-0.4, -0.2) is 19.5 Å². The number of hydrogen-bond acceptors (Lipinski definition) is 5. The van der Waals surface area contributed by atoms with E-state index in [-0.39, 0.29) is 5.03 Å². The first-order valence-electron chi connectivity index (χ1n) is 5.48. The van der Waals surface area contributed by atoms with Crippen LogP contribution >= 0.6 is 0 Å². The van der Waals surface area contributed by atoms with Gasteiger partial charge < -0.3 is 4.74 Å². The van der Waals surface area contributed by atoms with Gasteiger partial charge in [-0.25, -0.2) is 23.3 Å². The van der Waals surface area contributed by atoms with E-state index in [2.05, 4.69) is 10.3 Å². The average Bonchev–Trinajstić information content (AvgIpc) is 2.39. The van der Waals surface area contributed by atoms with E-state index >= 15 is 0 Å². The normalized spacial score (nSPS) is 10.8. The van der Waals surface area contributed by atoms with Gasteiger partial charge in [0.05, 0.1) is 11.9 Å². The first-order chi connectivity index (χ1) is 9.45. The number of para-hydroxylation sites is 1. The van der Waals surface area contributed by atoms with Crippen LogP contribution in [0.1, 0.15) is 0 Å². The summed E-state index contributed by atoms with van der Waals surface area (Å²) in [5.74, 6) is 0.388. The van der Waals surface area contributed by atoms with E-state index in [1.165, 1.54) is 18.3 Å². The second-order valence-corrected chi connectivity index (χ2v) is 5.27. The van der Waals surface area contributed by atoms with Crippen LogP contribution in [0.3, 0.4) is 0 Å². The molecule has 0 saturated carbocycles. The number of anilines is 1. The minimum Gasteiger partial charge on any atom is -0.410 e. The first kappa shape index (κ1) is 14.0. The number of amides is 1. The average molecular weight is 293 g/mol. The molecule has 0 aliphatic rings. The zero-order valence-electron chi connectivity index (χ0n) is 10.2. The fraction of sp³-hybridized carbons (Fsp3) is 0. The van der Waals surface area contributed by atoms with E-state index in [4.69, 9.17) is 9.88 Å². The first-order valence-corrected chi connectivity index (χ1v) is 7.02. The number of hydrogen-bond donors (Lipinski definition) is 2. The SMILES string of the molecule is NS(=O)(=O)c1ccc(NC(=O)Oc2ccccc2)cn1. The molecule has 20 heavy (non-hydrogen) atoms. The second-order valence-electron chi connectivity index (χ2n) is 3.76. The molecule has 104 valence electrons. The number of nitrogens with one attached hydrogen (secondary N) is 1. The Labute approximate surface area is 115 Å². The minimum absolute atomic E-state index is 0.278. The van der Waals surface area contributed by atoms with E-state index in [9.17, 15) is 13.2 Å². The van der Waals surface area contributed by atoms with Gasteiger partial charge in [0.1, 0.15) is 5.75 Å². The topological polar surface area (TPSA) is 111 Å². The molecule has 2 rings (SSSR count). The number of sulfonamides is 1. The molecule has 2 aromatic rings. The van der Waals surface area contributed by atoms with Crippen LogP contribution in [0.25, 0.3) is 0 Å². The molecule has 0 atom stereocenters. The zero-order chi connectivity index (χ0) is 14.6. The number of primary sulfonamides is 1. The molecule has 7 nitrogen and oxygen atoms in total. The Kier molecular flexibility index (Phi) is 3.97. The zero-order valence-corrected chi connectivity index (χ0v) is 11.0. The van der Waals surface area contributed by atoms with Crippen molar-refractivity contribution in [1.82, 2.24) is 4.98 Å². The summed E-state index contributed by atoms with van der Waals surface area (Å²) in [5, 5.41) is 7.04. The van der Waals surface area contributed by atoms with Crippen LogP contribution in [0.15, 0.2) is 53.7 Å². The Hall–Kier alpha value is -2.45. The summed E-state index contributed by atoms with van der Waals surface area (Å²) < 4.78 is 27.0. The number of nitrogens with zero attached hydrogens (tertiary/aromatic N) is 1. The largest absolute Gasteiger partial charge is 0.417 e. The van der Waals surface area contributed by atoms with Crippen molar-refractivity contribution < 1.29 is 17.9 Å². The minimum atomic E-state index is -3.85. The summed E-state index contributed by atoms with van der Waals surface area (Å²) in [6.07, 6.45) is 0.466. The summed E-state index contributed by atoms with van der Waals surface area (Å²) in [4.78, 5) is 15.2. The number of carbonyl (C=O) groups is 1. The number of rotatable bonds is 3. The van der Waals surface area contributed by atoms with Crippen molar-refractivity contribution in [2.75, 3.05) is 5.32 Å². The van der Waals surface area contributed by atoms with Crippen molar-refractivity contribution in [1.29, 1.82) is 0 Å². The standard InChI is InChI=1S/C12H11N3O4S/c13-20(17,18)11-7-6-9(8-14-11)15-12(16)19-10-4-2-1-3-5-10/h1-8H,(H,15,16)(H2,13,17,18). The van der Waals surface area contributed by atoms with Gasteiger partial charge in [0, 0.05) is 0 Å². The number of pyridine rings is 1. The van der Waals surface area contributed by atoms with E-state index in [1.807, 2.05) is 0 Å². The number of nitrogens with two attached hydrogens (primary N) is 1. The molecule has 0 radical (unpaired) electrons. The third-order valence-electron chi connectivity index (χ3n) is 2.23. The lowest BCUT2D eigenvalue weighted by Gasteiger charge is -2.06. The molecule has 1 aromatic heterocycles. The Bertz CT molecular complexity index is 699. The lowest BCUT2D eigenvalue weighted by Crippen LogP contribution is -2.17. The van der Waals surface area contributed by atoms with Crippen molar-refractivity contribution in [3.05, 3.63) is 48.7 Å². The highest BCUT2D eigenvalue weighted by Crippen LogP contribution is 2.12. The molecular weight excluding hydrogens is 282 g/mol. The van der Waals surface area contributed by atoms with Gasteiger partial charge in [-0.3, -0.25) is 5.32 Å². The maximum absolute atomic E-state index is 11.6. The summed E-state index contributed by atoms with van der Waals surface area (Å²) in [7, 11) is -3.85. The number of carbonyl (C=O) groups excluding carboxylic acids is 1. The van der Waals surface area contributed by atoms with Crippen LogP contribution in [0, 0.1) is 0 Å². The lowest BCUT2D eigenvalue weighted by atomic mass is 10.3. The molecule has 0 fully saturated rings.